The first kappa shape index (κ1) is 46.5. The number of fused-ring (bicyclic) bond motifs is 1. The number of nitrogens with one attached hydrogen (secondary N) is 2. The molecule has 0 spiro atoms. The van der Waals surface area contributed by atoms with Crippen LogP contribution < -0.4 is 10.9 Å². The standard InChI is InChI=1S/C50H57ClFN9O5/c1-4-33-8-7-9-36(24-33)37-27-43(54-44(62)29-51)46(53-30-37)49(66)61-15-14-35(28-50(61,2)3)31-57-16-18-58(19-17-57)32-45(63)59-20-22-60(23-21-59)48(65)40-25-34(12-13-41(40)52)26-42-38-10-5-6-11-39(38)47(64)56-55-42/h5-13,24-25,27,30,35H,4,14-23,26,28-29,31-32H2,1-3H3,(H,54,62)(H,56,64). The predicted molar refractivity (Wildman–Crippen MR) is 253 cm³/mol. The van der Waals surface area contributed by atoms with E-state index in [-0.39, 0.29) is 34.5 Å². The number of amides is 4. The van der Waals surface area contributed by atoms with Crippen molar-refractivity contribution in [2.24, 2.45) is 5.92 Å². The minimum absolute atomic E-state index is 0.0170. The number of aromatic nitrogens is 3. The third-order valence-electron chi connectivity index (χ3n) is 13.3. The number of nitrogens with zero attached hydrogens (tertiary/aromatic N) is 7. The maximum atomic E-state index is 15.1. The smallest absolute Gasteiger partial charge is 0.275 e. The fourth-order valence-corrected chi connectivity index (χ4v) is 9.76. The van der Waals surface area contributed by atoms with E-state index >= 15 is 4.39 Å². The van der Waals surface area contributed by atoms with Crippen LogP contribution in [0.3, 0.4) is 0 Å². The van der Waals surface area contributed by atoms with E-state index in [2.05, 4.69) is 63.2 Å². The Labute approximate surface area is 389 Å². The number of piperidine rings is 1. The zero-order valence-corrected chi connectivity index (χ0v) is 38.6. The highest BCUT2D eigenvalue weighted by Gasteiger charge is 2.40. The summed E-state index contributed by atoms with van der Waals surface area (Å²) in [6, 6.07) is 21.5. The first-order valence-corrected chi connectivity index (χ1v) is 23.4. The Balaban J connectivity index is 0.798. The van der Waals surface area contributed by atoms with Crippen LogP contribution >= 0.6 is 11.6 Å². The van der Waals surface area contributed by atoms with Gasteiger partial charge in [-0.25, -0.2) is 14.5 Å². The van der Waals surface area contributed by atoms with Gasteiger partial charge >= 0.3 is 0 Å². The molecule has 2 N–H and O–H groups in total. The molecule has 5 aromatic rings. The number of carbonyl (C=O) groups excluding carboxylic acids is 4. The van der Waals surface area contributed by atoms with E-state index in [1.807, 2.05) is 29.2 Å². The lowest BCUT2D eigenvalue weighted by Gasteiger charge is -2.47. The monoisotopic (exact) mass is 917 g/mol. The number of aromatic amines is 1. The molecule has 0 bridgehead atoms. The van der Waals surface area contributed by atoms with Crippen molar-refractivity contribution in [1.82, 2.24) is 39.7 Å². The summed E-state index contributed by atoms with van der Waals surface area (Å²) in [6.07, 6.45) is 4.52. The number of hydrogen-bond donors (Lipinski definition) is 2. The number of carbonyl (C=O) groups is 4. The molecule has 0 saturated carbocycles. The van der Waals surface area contributed by atoms with Gasteiger partial charge in [0.1, 0.15) is 11.7 Å². The van der Waals surface area contributed by atoms with Crippen LogP contribution in [0.25, 0.3) is 21.9 Å². The topological polar surface area (TPSA) is 155 Å². The van der Waals surface area contributed by atoms with Crippen molar-refractivity contribution < 1.29 is 23.6 Å². The Morgan fingerprint density at radius 3 is 2.27 bits per heavy atom. The average Bonchev–Trinajstić information content (AvgIpc) is 3.33. The van der Waals surface area contributed by atoms with Crippen molar-refractivity contribution in [3.8, 4) is 11.1 Å². The second-order valence-electron chi connectivity index (χ2n) is 18.3. The zero-order valence-electron chi connectivity index (χ0n) is 37.8. The number of benzene rings is 3. The van der Waals surface area contributed by atoms with Gasteiger partial charge in [-0.3, -0.25) is 28.9 Å². The molecular weight excluding hydrogens is 861 g/mol. The Bertz CT molecular complexity index is 2680. The SMILES string of the molecule is CCc1cccc(-c2cnc(C(=O)N3CCC(CN4CCN(CC(=O)N5CCN(C(=O)c6cc(Cc7n[nH]c(=O)c8ccccc78)ccc6F)CC5)CC4)CC3(C)C)c(NC(=O)CCl)c2)c1. The summed E-state index contributed by atoms with van der Waals surface area (Å²) in [5.41, 5.74) is 4.01. The van der Waals surface area contributed by atoms with Crippen molar-refractivity contribution in [3.63, 3.8) is 0 Å². The van der Waals surface area contributed by atoms with Crippen molar-refractivity contribution in [2.75, 3.05) is 83.2 Å². The Morgan fingerprint density at radius 1 is 0.818 bits per heavy atom. The van der Waals surface area contributed by atoms with E-state index in [1.165, 1.54) is 11.6 Å². The predicted octanol–water partition coefficient (Wildman–Crippen LogP) is 5.69. The van der Waals surface area contributed by atoms with Crippen molar-refractivity contribution >= 4 is 51.7 Å². The molecule has 4 amide bonds. The number of hydrogen-bond acceptors (Lipinski definition) is 9. The number of aryl methyl sites for hydroxylation is 1. The molecule has 14 nitrogen and oxygen atoms in total. The van der Waals surface area contributed by atoms with E-state index in [0.717, 1.165) is 63.1 Å². The number of likely N-dealkylation sites (tertiary alicyclic amines) is 1. The van der Waals surface area contributed by atoms with Crippen LogP contribution in [0.4, 0.5) is 10.1 Å². The van der Waals surface area contributed by atoms with E-state index in [0.29, 0.717) is 79.3 Å². The normalized spacial score (nSPS) is 18.1. The van der Waals surface area contributed by atoms with E-state index in [9.17, 15) is 24.0 Å². The van der Waals surface area contributed by atoms with Crippen LogP contribution in [0.2, 0.25) is 0 Å². The fraction of sp³-hybridized carbons (Fsp3) is 0.420. The van der Waals surface area contributed by atoms with Gasteiger partial charge in [0.25, 0.3) is 17.4 Å². The third-order valence-corrected chi connectivity index (χ3v) is 13.6. The van der Waals surface area contributed by atoms with Gasteiger partial charge < -0.3 is 24.9 Å². The molecule has 8 rings (SSSR count). The van der Waals surface area contributed by atoms with Gasteiger partial charge in [-0.15, -0.1) is 11.6 Å². The average molecular weight is 919 g/mol. The second-order valence-corrected chi connectivity index (χ2v) is 18.5. The van der Waals surface area contributed by atoms with Gasteiger partial charge in [0.05, 0.1) is 28.9 Å². The highest BCUT2D eigenvalue weighted by molar-refractivity contribution is 6.29. The van der Waals surface area contributed by atoms with Gasteiger partial charge in [0.2, 0.25) is 11.8 Å². The molecule has 3 aromatic carbocycles. The van der Waals surface area contributed by atoms with Crippen LogP contribution in [-0.2, 0) is 22.4 Å². The summed E-state index contributed by atoms with van der Waals surface area (Å²) in [4.78, 5) is 80.5. The maximum Gasteiger partial charge on any atom is 0.275 e. The molecule has 1 atom stereocenters. The van der Waals surface area contributed by atoms with Gasteiger partial charge in [-0.1, -0.05) is 55.5 Å². The number of alkyl halides is 1. The molecule has 0 radical (unpaired) electrons. The summed E-state index contributed by atoms with van der Waals surface area (Å²) >= 11 is 5.87. The van der Waals surface area contributed by atoms with Crippen molar-refractivity contribution in [3.05, 3.63) is 123 Å². The first-order valence-electron chi connectivity index (χ1n) is 22.8. The molecule has 5 heterocycles. The van der Waals surface area contributed by atoms with Crippen LogP contribution in [0.5, 0.6) is 0 Å². The van der Waals surface area contributed by atoms with Gasteiger partial charge in [0, 0.05) is 94.6 Å². The van der Waals surface area contributed by atoms with Crippen LogP contribution in [0, 0.1) is 11.7 Å². The lowest BCUT2D eigenvalue weighted by atomic mass is 9.82. The summed E-state index contributed by atoms with van der Waals surface area (Å²) in [5.74, 6) is -1.52. The quantitative estimate of drug-likeness (QED) is 0.150. The third kappa shape index (κ3) is 10.5. The minimum Gasteiger partial charge on any atom is -0.338 e. The summed E-state index contributed by atoms with van der Waals surface area (Å²) in [7, 11) is 0. The van der Waals surface area contributed by atoms with Gasteiger partial charge in [-0.05, 0) is 80.0 Å². The largest absolute Gasteiger partial charge is 0.338 e. The number of halogens is 2. The van der Waals surface area contributed by atoms with Crippen LogP contribution in [-0.4, -0.2) is 147 Å². The van der Waals surface area contributed by atoms with Gasteiger partial charge in [0.15, 0.2) is 5.69 Å². The molecule has 346 valence electrons. The Morgan fingerprint density at radius 2 is 1.55 bits per heavy atom. The molecule has 3 fully saturated rings. The summed E-state index contributed by atoms with van der Waals surface area (Å²) in [6.45, 7) is 12.5. The number of piperazine rings is 2. The van der Waals surface area contributed by atoms with E-state index in [4.69, 9.17) is 11.6 Å². The number of pyridine rings is 1. The molecule has 66 heavy (non-hydrogen) atoms. The molecule has 2 aromatic heterocycles. The van der Waals surface area contributed by atoms with Gasteiger partial charge in [-0.2, -0.15) is 5.10 Å². The molecular formula is C50H57ClFN9O5. The Kier molecular flexibility index (Phi) is 14.3. The molecule has 3 aliphatic rings. The molecule has 16 heteroatoms. The molecule has 3 saturated heterocycles. The molecule has 0 aliphatic carbocycles. The number of anilines is 1. The number of rotatable bonds is 12. The zero-order chi connectivity index (χ0) is 46.5. The highest BCUT2D eigenvalue weighted by Crippen LogP contribution is 2.35. The van der Waals surface area contributed by atoms with E-state index < -0.39 is 23.2 Å². The Hall–Kier alpha value is -6.03. The van der Waals surface area contributed by atoms with E-state index in [1.54, 1.807) is 46.3 Å². The van der Waals surface area contributed by atoms with Crippen molar-refractivity contribution in [2.45, 2.75) is 52.0 Å². The number of H-pyrrole nitrogens is 1. The summed E-state index contributed by atoms with van der Waals surface area (Å²) < 4.78 is 15.1. The maximum absolute atomic E-state index is 15.1. The van der Waals surface area contributed by atoms with Crippen LogP contribution in [0.1, 0.15) is 71.3 Å². The summed E-state index contributed by atoms with van der Waals surface area (Å²) in [5, 5.41) is 10.8. The fourth-order valence-electron chi connectivity index (χ4n) is 9.70. The molecule has 3 aliphatic heterocycles. The first-order chi connectivity index (χ1) is 31.8. The second kappa shape index (κ2) is 20.2. The molecule has 1 unspecified atom stereocenters. The van der Waals surface area contributed by atoms with Crippen LogP contribution in [0.15, 0.2) is 83.8 Å². The van der Waals surface area contributed by atoms with Crippen molar-refractivity contribution in [1.29, 1.82) is 0 Å². The highest BCUT2D eigenvalue weighted by atomic mass is 35.5. The lowest BCUT2D eigenvalue weighted by molar-refractivity contribution is -0.134. The lowest BCUT2D eigenvalue weighted by Crippen LogP contribution is -2.56. The minimum atomic E-state index is -0.612.